The molecule has 0 spiro atoms. The molecule has 6 heteroatoms. The molecule has 110 valence electrons. The van der Waals surface area contributed by atoms with Crippen LogP contribution in [0.1, 0.15) is 27.2 Å². The number of hydrogen-bond acceptors (Lipinski definition) is 4. The molecule has 0 unspecified atom stereocenters. The number of nitrogens with zero attached hydrogens (tertiary/aromatic N) is 1. The largest absolute Gasteiger partial charge is 0.478 e. The molecule has 19 heavy (non-hydrogen) atoms. The predicted octanol–water partition coefficient (Wildman–Crippen LogP) is 1.47. The van der Waals surface area contributed by atoms with E-state index >= 15 is 0 Å². The fourth-order valence-electron chi connectivity index (χ4n) is 1.28. The fraction of sp³-hybridized carbons (Fsp3) is 0.692. The molecule has 0 rings (SSSR count). The molecule has 0 atom stereocenters. The van der Waals surface area contributed by atoms with Crippen LogP contribution in [-0.4, -0.2) is 54.4 Å². The van der Waals surface area contributed by atoms with E-state index in [1.807, 2.05) is 32.7 Å². The molecule has 6 nitrogen and oxygen atoms in total. The second-order valence-electron chi connectivity index (χ2n) is 5.29. The Kier molecular flexibility index (Phi) is 7.83. The smallest absolute Gasteiger partial charge is 0.407 e. The number of alkyl carbamates (subject to hydrolysis) is 1. The highest BCUT2D eigenvalue weighted by Gasteiger charge is 2.15. The number of likely N-dealkylation sites (N-methyl/N-ethyl adjacent to an activating group) is 1. The molecule has 0 aromatic carbocycles. The van der Waals surface area contributed by atoms with E-state index in [4.69, 9.17) is 9.84 Å². The molecule has 2 N–H and O–H groups in total. The van der Waals surface area contributed by atoms with Crippen LogP contribution in [0.15, 0.2) is 12.2 Å². The van der Waals surface area contributed by atoms with Gasteiger partial charge in [-0.25, -0.2) is 9.59 Å². The molecule has 0 aliphatic carbocycles. The summed E-state index contributed by atoms with van der Waals surface area (Å²) in [7, 11) is 1.89. The van der Waals surface area contributed by atoms with Crippen molar-refractivity contribution in [2.24, 2.45) is 0 Å². The van der Waals surface area contributed by atoms with Crippen molar-refractivity contribution in [1.29, 1.82) is 0 Å². The Balaban J connectivity index is 3.63. The van der Waals surface area contributed by atoms with Gasteiger partial charge in [0.1, 0.15) is 5.60 Å². The van der Waals surface area contributed by atoms with E-state index in [-0.39, 0.29) is 0 Å². The SMILES string of the molecule is CN(C/C=C/C(=O)O)CCCNC(=O)OC(C)(C)C. The molecule has 0 heterocycles. The fourth-order valence-corrected chi connectivity index (χ4v) is 1.28. The highest BCUT2D eigenvalue weighted by molar-refractivity contribution is 5.79. The zero-order valence-electron chi connectivity index (χ0n) is 12.1. The van der Waals surface area contributed by atoms with Crippen LogP contribution in [0.2, 0.25) is 0 Å². The molecule has 0 radical (unpaired) electrons. The van der Waals surface area contributed by atoms with Gasteiger partial charge < -0.3 is 20.1 Å². The topological polar surface area (TPSA) is 78.9 Å². The summed E-state index contributed by atoms with van der Waals surface area (Å²) in [6.07, 6.45) is 3.07. The molecular weight excluding hydrogens is 248 g/mol. The van der Waals surface area contributed by atoms with Gasteiger partial charge in [0.25, 0.3) is 0 Å². The van der Waals surface area contributed by atoms with E-state index in [1.165, 1.54) is 0 Å². The third kappa shape index (κ3) is 12.7. The summed E-state index contributed by atoms with van der Waals surface area (Å²) in [5, 5.41) is 11.1. The molecule has 0 aromatic heterocycles. The van der Waals surface area contributed by atoms with Gasteiger partial charge in [-0.2, -0.15) is 0 Å². The van der Waals surface area contributed by atoms with E-state index in [2.05, 4.69) is 5.32 Å². The lowest BCUT2D eigenvalue weighted by atomic mass is 10.2. The van der Waals surface area contributed by atoms with E-state index in [9.17, 15) is 9.59 Å². The Morgan fingerprint density at radius 1 is 1.37 bits per heavy atom. The first-order valence-corrected chi connectivity index (χ1v) is 6.25. The van der Waals surface area contributed by atoms with Gasteiger partial charge in [-0.1, -0.05) is 6.08 Å². The molecule has 1 amide bonds. The Morgan fingerprint density at radius 3 is 2.53 bits per heavy atom. The molecule has 0 saturated carbocycles. The number of rotatable bonds is 7. The van der Waals surface area contributed by atoms with E-state index in [1.54, 1.807) is 6.08 Å². The van der Waals surface area contributed by atoms with Gasteiger partial charge in [0.2, 0.25) is 0 Å². The summed E-state index contributed by atoms with van der Waals surface area (Å²) in [5.74, 6) is -0.944. The van der Waals surface area contributed by atoms with E-state index < -0.39 is 17.7 Å². The lowest BCUT2D eigenvalue weighted by Crippen LogP contribution is -2.34. The van der Waals surface area contributed by atoms with E-state index in [0.29, 0.717) is 13.1 Å². The lowest BCUT2D eigenvalue weighted by Gasteiger charge is -2.20. The van der Waals surface area contributed by atoms with Crippen LogP contribution in [0.25, 0.3) is 0 Å². The van der Waals surface area contributed by atoms with Crippen molar-refractivity contribution in [1.82, 2.24) is 10.2 Å². The minimum absolute atomic E-state index is 0.416. The van der Waals surface area contributed by atoms with Gasteiger partial charge in [0.15, 0.2) is 0 Å². The number of ether oxygens (including phenoxy) is 1. The van der Waals surface area contributed by atoms with Crippen molar-refractivity contribution in [3.8, 4) is 0 Å². The summed E-state index contributed by atoms with van der Waals surface area (Å²) in [6.45, 7) is 7.31. The van der Waals surface area contributed by atoms with Gasteiger partial charge in [0.05, 0.1) is 0 Å². The average molecular weight is 272 g/mol. The average Bonchev–Trinajstić information content (AvgIpc) is 2.21. The molecule has 0 aromatic rings. The van der Waals surface area contributed by atoms with Crippen LogP contribution in [0, 0.1) is 0 Å². The summed E-state index contributed by atoms with van der Waals surface area (Å²) < 4.78 is 5.10. The zero-order chi connectivity index (χ0) is 14.9. The third-order valence-electron chi connectivity index (χ3n) is 2.06. The first-order valence-electron chi connectivity index (χ1n) is 6.25. The quantitative estimate of drug-likeness (QED) is 0.542. The summed E-state index contributed by atoms with van der Waals surface area (Å²) in [6, 6.07) is 0. The number of carboxylic acids is 1. The maximum atomic E-state index is 11.3. The number of amides is 1. The summed E-state index contributed by atoms with van der Waals surface area (Å²) in [4.78, 5) is 23.6. The van der Waals surface area contributed by atoms with E-state index in [0.717, 1.165) is 19.0 Å². The first kappa shape index (κ1) is 17.4. The molecule has 0 fully saturated rings. The van der Waals surface area contributed by atoms with Crippen LogP contribution in [-0.2, 0) is 9.53 Å². The molecule has 0 bridgehead atoms. The standard InChI is InChI=1S/C13H24N2O4/c1-13(2,3)19-12(18)14-8-6-10-15(4)9-5-7-11(16)17/h5,7H,6,8-10H2,1-4H3,(H,14,18)(H,16,17)/b7-5+. The summed E-state index contributed by atoms with van der Waals surface area (Å²) >= 11 is 0. The Labute approximate surface area is 114 Å². The first-order chi connectivity index (χ1) is 8.70. The molecule has 0 aliphatic rings. The molecule has 0 aliphatic heterocycles. The maximum absolute atomic E-state index is 11.3. The second-order valence-corrected chi connectivity index (χ2v) is 5.29. The highest BCUT2D eigenvalue weighted by atomic mass is 16.6. The molecular formula is C13H24N2O4. The predicted molar refractivity (Wildman–Crippen MR) is 73.1 cm³/mol. The van der Waals surface area contributed by atoms with Crippen molar-refractivity contribution < 1.29 is 19.4 Å². The monoisotopic (exact) mass is 272 g/mol. The summed E-state index contributed by atoms with van der Waals surface area (Å²) in [5.41, 5.74) is -0.484. The molecule has 0 saturated heterocycles. The minimum atomic E-state index is -0.944. The van der Waals surface area contributed by atoms with Crippen molar-refractivity contribution >= 4 is 12.1 Å². The van der Waals surface area contributed by atoms with Gasteiger partial charge in [-0.3, -0.25) is 0 Å². The maximum Gasteiger partial charge on any atom is 0.407 e. The normalized spacial score (nSPS) is 11.8. The number of hydrogen-bond donors (Lipinski definition) is 2. The van der Waals surface area contributed by atoms with Gasteiger partial charge in [-0.05, 0) is 40.8 Å². The van der Waals surface area contributed by atoms with Crippen LogP contribution < -0.4 is 5.32 Å². The van der Waals surface area contributed by atoms with Gasteiger partial charge in [-0.15, -0.1) is 0 Å². The zero-order valence-corrected chi connectivity index (χ0v) is 12.1. The van der Waals surface area contributed by atoms with Crippen LogP contribution in [0.5, 0.6) is 0 Å². The number of carbonyl (C=O) groups excluding carboxylic acids is 1. The van der Waals surface area contributed by atoms with Gasteiger partial charge >= 0.3 is 12.1 Å². The lowest BCUT2D eigenvalue weighted by molar-refractivity contribution is -0.131. The Hall–Kier alpha value is -1.56. The second kappa shape index (κ2) is 8.53. The van der Waals surface area contributed by atoms with Crippen molar-refractivity contribution in [3.05, 3.63) is 12.2 Å². The number of aliphatic carboxylic acids is 1. The van der Waals surface area contributed by atoms with Crippen molar-refractivity contribution in [2.45, 2.75) is 32.8 Å². The van der Waals surface area contributed by atoms with Crippen LogP contribution in [0.4, 0.5) is 4.79 Å². The Morgan fingerprint density at radius 2 is 2.00 bits per heavy atom. The van der Waals surface area contributed by atoms with Crippen molar-refractivity contribution in [3.63, 3.8) is 0 Å². The van der Waals surface area contributed by atoms with Crippen LogP contribution in [0.3, 0.4) is 0 Å². The third-order valence-corrected chi connectivity index (χ3v) is 2.06. The van der Waals surface area contributed by atoms with Gasteiger partial charge in [0, 0.05) is 19.2 Å². The Bertz CT molecular complexity index is 321. The van der Waals surface area contributed by atoms with Crippen molar-refractivity contribution in [2.75, 3.05) is 26.7 Å². The number of carbonyl (C=O) groups is 2. The number of nitrogens with one attached hydrogen (secondary N) is 1. The van der Waals surface area contributed by atoms with Crippen LogP contribution >= 0.6 is 0 Å². The number of carboxylic acid groups (broad SMARTS) is 1. The highest BCUT2D eigenvalue weighted by Crippen LogP contribution is 2.06. The minimum Gasteiger partial charge on any atom is -0.478 e.